The van der Waals surface area contributed by atoms with Crippen LogP contribution in [0.2, 0.25) is 0 Å². The lowest BCUT2D eigenvalue weighted by atomic mass is 10.2. The molecule has 1 aromatic rings. The van der Waals surface area contributed by atoms with Crippen LogP contribution >= 0.6 is 0 Å². The van der Waals surface area contributed by atoms with E-state index in [0.29, 0.717) is 44.9 Å². The summed E-state index contributed by atoms with van der Waals surface area (Å²) in [4.78, 5) is 24.4. The maximum atomic E-state index is 13.0. The quantitative estimate of drug-likeness (QED) is 0.772. The second-order valence-electron chi connectivity index (χ2n) is 5.34. The van der Waals surface area contributed by atoms with Crippen molar-refractivity contribution in [3.05, 3.63) is 30.1 Å². The first-order valence-electron chi connectivity index (χ1n) is 7.54. The van der Waals surface area contributed by atoms with E-state index >= 15 is 0 Å². The number of nitrogens with zero attached hydrogens (tertiary/aromatic N) is 1. The van der Waals surface area contributed by atoms with Crippen LogP contribution in [0.1, 0.15) is 19.3 Å². The highest BCUT2D eigenvalue weighted by Crippen LogP contribution is 2.13. The predicted octanol–water partition coefficient (Wildman–Crippen LogP) is 1.69. The number of halogens is 1. The first-order chi connectivity index (χ1) is 11.0. The van der Waals surface area contributed by atoms with Gasteiger partial charge in [0.2, 0.25) is 5.91 Å². The molecule has 7 heteroatoms. The number of carboxylic acid groups (broad SMARTS) is 1. The van der Waals surface area contributed by atoms with Crippen LogP contribution in [-0.4, -0.2) is 54.3 Å². The predicted molar refractivity (Wildman–Crippen MR) is 79.7 cm³/mol. The third-order valence-electron chi connectivity index (χ3n) is 3.49. The Hall–Kier alpha value is -2.15. The topological polar surface area (TPSA) is 76.1 Å². The Bertz CT molecular complexity index is 551. The van der Waals surface area contributed by atoms with Crippen LogP contribution in [0.4, 0.5) is 4.39 Å². The summed E-state index contributed by atoms with van der Waals surface area (Å²) in [6.07, 6.45) is 0.256. The van der Waals surface area contributed by atoms with Crippen LogP contribution in [0, 0.1) is 5.82 Å². The summed E-state index contributed by atoms with van der Waals surface area (Å²) in [5.74, 6) is -0.916. The Kier molecular flexibility index (Phi) is 6.34. The van der Waals surface area contributed by atoms with Crippen LogP contribution in [0.15, 0.2) is 24.3 Å². The molecule has 1 aliphatic heterocycles. The molecular weight excluding hydrogens is 305 g/mol. The molecular formula is C16H20FNO5. The molecule has 6 nitrogen and oxygen atoms in total. The van der Waals surface area contributed by atoms with Crippen LogP contribution < -0.4 is 4.74 Å². The lowest BCUT2D eigenvalue weighted by Gasteiger charge is -2.32. The van der Waals surface area contributed by atoms with Crippen molar-refractivity contribution in [3.63, 3.8) is 0 Å². The number of aliphatic carboxylic acids is 1. The minimum atomic E-state index is -0.937. The van der Waals surface area contributed by atoms with Gasteiger partial charge in [-0.05, 0) is 18.6 Å². The second kappa shape index (κ2) is 8.47. The maximum absolute atomic E-state index is 13.0. The molecule has 0 unspecified atom stereocenters. The molecule has 0 saturated carbocycles. The standard InChI is InChI=1S/C16H20FNO5/c17-12-3-1-4-13(9-12)22-7-2-5-15(19)18-6-8-23-14(11-18)10-16(20)21/h1,3-4,9,14H,2,5-8,10-11H2,(H,20,21)/t14-/m0/s1. The normalized spacial score (nSPS) is 17.8. The first-order valence-corrected chi connectivity index (χ1v) is 7.54. The monoisotopic (exact) mass is 325 g/mol. The molecule has 0 spiro atoms. The summed E-state index contributed by atoms with van der Waals surface area (Å²) in [5, 5.41) is 8.77. The van der Waals surface area contributed by atoms with Crippen molar-refractivity contribution in [1.82, 2.24) is 4.90 Å². The third kappa shape index (κ3) is 5.86. The van der Waals surface area contributed by atoms with Gasteiger partial charge < -0.3 is 19.5 Å². The minimum Gasteiger partial charge on any atom is -0.493 e. The molecule has 1 heterocycles. The van der Waals surface area contributed by atoms with Crippen molar-refractivity contribution in [3.8, 4) is 5.75 Å². The van der Waals surface area contributed by atoms with Crippen molar-refractivity contribution in [1.29, 1.82) is 0 Å². The van der Waals surface area contributed by atoms with E-state index in [9.17, 15) is 14.0 Å². The number of benzene rings is 1. The van der Waals surface area contributed by atoms with Gasteiger partial charge in [-0.25, -0.2) is 4.39 Å². The Balaban J connectivity index is 1.69. The van der Waals surface area contributed by atoms with Gasteiger partial charge in [0.05, 0.1) is 25.7 Å². The zero-order chi connectivity index (χ0) is 16.7. The SMILES string of the molecule is O=C(O)C[C@H]1CN(C(=O)CCCOc2cccc(F)c2)CCO1. The number of morpholine rings is 1. The van der Waals surface area contributed by atoms with Crippen molar-refractivity contribution in [2.24, 2.45) is 0 Å². The van der Waals surface area contributed by atoms with Gasteiger partial charge in [0.1, 0.15) is 11.6 Å². The Labute approximate surface area is 133 Å². The Morgan fingerprint density at radius 3 is 3.00 bits per heavy atom. The lowest BCUT2D eigenvalue weighted by Crippen LogP contribution is -2.46. The number of carbonyl (C=O) groups is 2. The number of carboxylic acids is 1. The molecule has 1 saturated heterocycles. The molecule has 126 valence electrons. The number of rotatable bonds is 7. The average Bonchev–Trinajstić information content (AvgIpc) is 2.51. The summed E-state index contributed by atoms with van der Waals surface area (Å²) in [6.45, 7) is 1.44. The van der Waals surface area contributed by atoms with Crippen molar-refractivity contribution < 1.29 is 28.6 Å². The van der Waals surface area contributed by atoms with Gasteiger partial charge in [-0.3, -0.25) is 9.59 Å². The molecule has 0 aromatic heterocycles. The van der Waals surface area contributed by atoms with E-state index < -0.39 is 12.1 Å². The summed E-state index contributed by atoms with van der Waals surface area (Å²) < 4.78 is 23.7. The third-order valence-corrected chi connectivity index (χ3v) is 3.49. The lowest BCUT2D eigenvalue weighted by molar-refractivity contribution is -0.147. The van der Waals surface area contributed by atoms with E-state index in [1.54, 1.807) is 17.0 Å². The zero-order valence-electron chi connectivity index (χ0n) is 12.7. The Morgan fingerprint density at radius 1 is 1.43 bits per heavy atom. The molecule has 1 atom stereocenters. The molecule has 1 amide bonds. The number of carbonyl (C=O) groups excluding carboxylic acids is 1. The van der Waals surface area contributed by atoms with Crippen molar-refractivity contribution >= 4 is 11.9 Å². The Morgan fingerprint density at radius 2 is 2.26 bits per heavy atom. The van der Waals surface area contributed by atoms with Crippen LogP contribution in [-0.2, 0) is 14.3 Å². The van der Waals surface area contributed by atoms with E-state index in [4.69, 9.17) is 14.6 Å². The van der Waals surface area contributed by atoms with Gasteiger partial charge in [0.15, 0.2) is 0 Å². The number of amides is 1. The van der Waals surface area contributed by atoms with E-state index in [0.717, 1.165) is 0 Å². The van der Waals surface area contributed by atoms with Gasteiger partial charge in [-0.2, -0.15) is 0 Å². The smallest absolute Gasteiger partial charge is 0.306 e. The van der Waals surface area contributed by atoms with Gasteiger partial charge in [0, 0.05) is 25.6 Å². The highest BCUT2D eigenvalue weighted by Gasteiger charge is 2.25. The molecule has 1 fully saturated rings. The van der Waals surface area contributed by atoms with E-state index in [2.05, 4.69) is 0 Å². The fourth-order valence-corrected chi connectivity index (χ4v) is 2.39. The van der Waals surface area contributed by atoms with Gasteiger partial charge >= 0.3 is 5.97 Å². The summed E-state index contributed by atoms with van der Waals surface area (Å²) in [5.41, 5.74) is 0. The molecule has 1 N–H and O–H groups in total. The first kappa shape index (κ1) is 17.2. The van der Waals surface area contributed by atoms with E-state index in [1.165, 1.54) is 12.1 Å². The fourth-order valence-electron chi connectivity index (χ4n) is 2.39. The van der Waals surface area contributed by atoms with Crippen molar-refractivity contribution in [2.45, 2.75) is 25.4 Å². The van der Waals surface area contributed by atoms with Gasteiger partial charge in [0.25, 0.3) is 0 Å². The largest absolute Gasteiger partial charge is 0.493 e. The molecule has 0 radical (unpaired) electrons. The zero-order valence-corrected chi connectivity index (χ0v) is 12.7. The van der Waals surface area contributed by atoms with Gasteiger partial charge in [-0.1, -0.05) is 6.07 Å². The molecule has 0 aliphatic carbocycles. The fraction of sp³-hybridized carbons (Fsp3) is 0.500. The minimum absolute atomic E-state index is 0.0495. The van der Waals surface area contributed by atoms with E-state index in [-0.39, 0.29) is 18.1 Å². The second-order valence-corrected chi connectivity index (χ2v) is 5.34. The summed E-state index contributed by atoms with van der Waals surface area (Å²) in [6, 6.07) is 5.85. The molecule has 23 heavy (non-hydrogen) atoms. The summed E-state index contributed by atoms with van der Waals surface area (Å²) in [7, 11) is 0. The molecule has 1 aromatic carbocycles. The molecule has 1 aliphatic rings. The van der Waals surface area contributed by atoms with Crippen LogP contribution in [0.5, 0.6) is 5.75 Å². The highest BCUT2D eigenvalue weighted by molar-refractivity contribution is 5.76. The van der Waals surface area contributed by atoms with Crippen LogP contribution in [0.3, 0.4) is 0 Å². The number of hydrogen-bond donors (Lipinski definition) is 1. The average molecular weight is 325 g/mol. The number of ether oxygens (including phenoxy) is 2. The summed E-state index contributed by atoms with van der Waals surface area (Å²) >= 11 is 0. The van der Waals surface area contributed by atoms with E-state index in [1.807, 2.05) is 0 Å². The molecule has 2 rings (SSSR count). The van der Waals surface area contributed by atoms with Gasteiger partial charge in [-0.15, -0.1) is 0 Å². The van der Waals surface area contributed by atoms with Crippen molar-refractivity contribution in [2.75, 3.05) is 26.3 Å². The van der Waals surface area contributed by atoms with Crippen LogP contribution in [0.25, 0.3) is 0 Å². The molecule has 0 bridgehead atoms. The maximum Gasteiger partial charge on any atom is 0.306 e. The number of hydrogen-bond acceptors (Lipinski definition) is 4. The highest BCUT2D eigenvalue weighted by atomic mass is 19.1.